The summed E-state index contributed by atoms with van der Waals surface area (Å²) >= 11 is 0. The predicted octanol–water partition coefficient (Wildman–Crippen LogP) is 8.40. The summed E-state index contributed by atoms with van der Waals surface area (Å²) in [7, 11) is 0. The summed E-state index contributed by atoms with van der Waals surface area (Å²) in [6, 6.07) is 0. The lowest BCUT2D eigenvalue weighted by Crippen LogP contribution is -2.19. The van der Waals surface area contributed by atoms with Gasteiger partial charge in [0.05, 0.1) is 5.71 Å². The maximum Gasteiger partial charge on any atom is 0.0641 e. The van der Waals surface area contributed by atoms with Gasteiger partial charge in [0, 0.05) is 12.2 Å². The molecule has 2 nitrogen and oxygen atoms in total. The van der Waals surface area contributed by atoms with Crippen molar-refractivity contribution in [1.82, 2.24) is 5.01 Å². The normalized spacial score (nSPS) is 15.5. The average Bonchev–Trinajstić information content (AvgIpc) is 2.74. The van der Waals surface area contributed by atoms with E-state index in [9.17, 15) is 0 Å². The molecule has 0 saturated carbocycles. The first kappa shape index (κ1) is 24.0. The van der Waals surface area contributed by atoms with Crippen molar-refractivity contribution in [3.05, 3.63) is 22.4 Å². The molecule has 0 fully saturated rings. The molecule has 1 heterocycles. The van der Waals surface area contributed by atoms with Gasteiger partial charge in [0.1, 0.15) is 0 Å². The molecule has 0 aromatic heterocycles. The van der Waals surface area contributed by atoms with Crippen molar-refractivity contribution in [2.24, 2.45) is 5.10 Å². The van der Waals surface area contributed by atoms with E-state index >= 15 is 0 Å². The molecule has 0 unspecified atom stereocenters. The quantitative estimate of drug-likeness (QED) is 0.279. The van der Waals surface area contributed by atoms with Crippen molar-refractivity contribution < 1.29 is 0 Å². The number of unbranched alkanes of at least 4 members (excludes halogenated alkanes) is 10. The van der Waals surface area contributed by atoms with Gasteiger partial charge in [0.2, 0.25) is 0 Å². The van der Waals surface area contributed by atoms with Crippen molar-refractivity contribution in [3.8, 4) is 0 Å². The van der Waals surface area contributed by atoms with Crippen LogP contribution in [-0.2, 0) is 0 Å². The lowest BCUT2D eigenvalue weighted by atomic mass is 9.96. The molecule has 0 spiro atoms. The van der Waals surface area contributed by atoms with E-state index in [1.807, 2.05) is 0 Å². The third kappa shape index (κ3) is 8.66. The number of hydrogen-bond acceptors (Lipinski definition) is 2. The molecule has 27 heavy (non-hydrogen) atoms. The van der Waals surface area contributed by atoms with Crippen LogP contribution >= 0.6 is 0 Å². The van der Waals surface area contributed by atoms with Crippen molar-refractivity contribution in [2.45, 2.75) is 125 Å². The van der Waals surface area contributed by atoms with Crippen molar-refractivity contribution in [2.75, 3.05) is 6.54 Å². The van der Waals surface area contributed by atoms with E-state index in [1.165, 1.54) is 105 Å². The Balaban J connectivity index is 2.63. The van der Waals surface area contributed by atoms with Crippen LogP contribution in [0.25, 0.3) is 0 Å². The maximum absolute atomic E-state index is 5.14. The van der Waals surface area contributed by atoms with Crippen LogP contribution in [0.2, 0.25) is 0 Å². The van der Waals surface area contributed by atoms with Gasteiger partial charge in [-0.1, -0.05) is 78.1 Å². The van der Waals surface area contributed by atoms with E-state index in [2.05, 4.69) is 46.6 Å². The Kier molecular flexibility index (Phi) is 12.5. The minimum absolute atomic E-state index is 1.07. The van der Waals surface area contributed by atoms with E-state index in [0.717, 1.165) is 13.0 Å². The molecule has 1 rings (SSSR count). The van der Waals surface area contributed by atoms with Crippen LogP contribution in [0.1, 0.15) is 125 Å². The Morgan fingerprint density at radius 3 is 1.70 bits per heavy atom. The fourth-order valence-corrected chi connectivity index (χ4v) is 3.83. The average molecular weight is 375 g/mol. The van der Waals surface area contributed by atoms with Crippen LogP contribution < -0.4 is 0 Å². The number of hydrogen-bond donors (Lipinski definition) is 0. The Hall–Kier alpha value is -1.05. The van der Waals surface area contributed by atoms with E-state index in [1.54, 1.807) is 0 Å². The topological polar surface area (TPSA) is 15.6 Å². The molecular formula is C25H46N2. The van der Waals surface area contributed by atoms with Crippen molar-refractivity contribution in [1.29, 1.82) is 0 Å². The molecule has 0 atom stereocenters. The monoisotopic (exact) mass is 374 g/mol. The fraction of sp³-hybridized carbons (Fsp3) is 0.800. The van der Waals surface area contributed by atoms with Crippen LogP contribution in [0, 0.1) is 0 Å². The van der Waals surface area contributed by atoms with E-state index in [0.29, 0.717) is 0 Å². The Labute approximate surface area is 170 Å². The molecule has 0 bridgehead atoms. The van der Waals surface area contributed by atoms with Crippen LogP contribution in [0.15, 0.2) is 27.5 Å². The SMILES string of the molecule is CCCCCCCCC1=NN(CCCCCCCC)C(C)=C(C)C(C)=C1C. The lowest BCUT2D eigenvalue weighted by molar-refractivity contribution is 0.348. The van der Waals surface area contributed by atoms with Gasteiger partial charge in [-0.05, 0) is 63.7 Å². The smallest absolute Gasteiger partial charge is 0.0641 e. The molecule has 156 valence electrons. The van der Waals surface area contributed by atoms with Gasteiger partial charge < -0.3 is 0 Å². The molecule has 0 radical (unpaired) electrons. The number of nitrogens with zero attached hydrogens (tertiary/aromatic N) is 2. The Morgan fingerprint density at radius 2 is 1.11 bits per heavy atom. The zero-order valence-electron chi connectivity index (χ0n) is 19.3. The standard InChI is InChI=1S/C25H46N2/c1-7-9-11-13-15-17-19-25-23(5)21(3)22(4)24(6)27(26-25)20-18-16-14-12-10-8-2/h7-20H2,1-6H3. The van der Waals surface area contributed by atoms with Gasteiger partial charge in [0.15, 0.2) is 0 Å². The van der Waals surface area contributed by atoms with Crippen LogP contribution in [0.3, 0.4) is 0 Å². The minimum Gasteiger partial charge on any atom is -0.269 e. The van der Waals surface area contributed by atoms with E-state index in [-0.39, 0.29) is 0 Å². The molecule has 0 saturated heterocycles. The second-order valence-electron chi connectivity index (χ2n) is 8.42. The molecule has 0 amide bonds. The fourth-order valence-electron chi connectivity index (χ4n) is 3.83. The van der Waals surface area contributed by atoms with E-state index in [4.69, 9.17) is 5.10 Å². The minimum atomic E-state index is 1.07. The van der Waals surface area contributed by atoms with Gasteiger partial charge >= 0.3 is 0 Å². The highest BCUT2D eigenvalue weighted by Gasteiger charge is 2.17. The van der Waals surface area contributed by atoms with Crippen LogP contribution in [0.5, 0.6) is 0 Å². The lowest BCUT2D eigenvalue weighted by Gasteiger charge is -2.21. The zero-order chi connectivity index (χ0) is 20.1. The van der Waals surface area contributed by atoms with Gasteiger partial charge in [-0.15, -0.1) is 0 Å². The first-order valence-corrected chi connectivity index (χ1v) is 11.7. The molecule has 1 aliphatic rings. The molecule has 0 aromatic rings. The predicted molar refractivity (Wildman–Crippen MR) is 122 cm³/mol. The Morgan fingerprint density at radius 1 is 0.593 bits per heavy atom. The van der Waals surface area contributed by atoms with Gasteiger partial charge in [0.25, 0.3) is 0 Å². The second kappa shape index (κ2) is 14.0. The largest absolute Gasteiger partial charge is 0.269 e. The molecule has 2 heteroatoms. The van der Waals surface area contributed by atoms with Crippen LogP contribution in [-0.4, -0.2) is 17.3 Å². The number of hydrazone groups is 1. The van der Waals surface area contributed by atoms with Crippen molar-refractivity contribution >= 4 is 5.71 Å². The van der Waals surface area contributed by atoms with Gasteiger partial charge in [-0.3, -0.25) is 5.01 Å². The third-order valence-corrected chi connectivity index (χ3v) is 6.22. The highest BCUT2D eigenvalue weighted by Crippen LogP contribution is 2.27. The maximum atomic E-state index is 5.14. The molecule has 0 N–H and O–H groups in total. The van der Waals surface area contributed by atoms with Gasteiger partial charge in [-0.2, -0.15) is 5.10 Å². The molecule has 0 aromatic carbocycles. The second-order valence-corrected chi connectivity index (χ2v) is 8.42. The third-order valence-electron chi connectivity index (χ3n) is 6.22. The summed E-state index contributed by atoms with van der Waals surface area (Å²) in [5.74, 6) is 0. The Bertz CT molecular complexity index is 510. The summed E-state index contributed by atoms with van der Waals surface area (Å²) in [5, 5.41) is 7.45. The summed E-state index contributed by atoms with van der Waals surface area (Å²) in [4.78, 5) is 0. The number of rotatable bonds is 14. The first-order chi connectivity index (χ1) is 13.0. The van der Waals surface area contributed by atoms with Crippen LogP contribution in [0.4, 0.5) is 0 Å². The summed E-state index contributed by atoms with van der Waals surface area (Å²) in [5.41, 5.74) is 6.93. The summed E-state index contributed by atoms with van der Waals surface area (Å²) < 4.78 is 0. The molecular weight excluding hydrogens is 328 g/mol. The van der Waals surface area contributed by atoms with Gasteiger partial charge in [-0.25, -0.2) is 0 Å². The molecule has 0 aliphatic carbocycles. The zero-order valence-corrected chi connectivity index (χ0v) is 19.3. The highest BCUT2D eigenvalue weighted by atomic mass is 15.5. The number of allylic oxidation sites excluding steroid dienone is 4. The molecule has 1 aliphatic heterocycles. The summed E-state index contributed by atoms with van der Waals surface area (Å²) in [6.07, 6.45) is 17.3. The highest BCUT2D eigenvalue weighted by molar-refractivity contribution is 6.01. The summed E-state index contributed by atoms with van der Waals surface area (Å²) in [6.45, 7) is 14.7. The van der Waals surface area contributed by atoms with Crippen molar-refractivity contribution in [3.63, 3.8) is 0 Å². The first-order valence-electron chi connectivity index (χ1n) is 11.7. The van der Waals surface area contributed by atoms with E-state index < -0.39 is 0 Å².